The first-order chi connectivity index (χ1) is 16.6. The van der Waals surface area contributed by atoms with Gasteiger partial charge in [-0.3, -0.25) is 13.9 Å². The monoisotopic (exact) mass is 503 g/mol. The van der Waals surface area contributed by atoms with E-state index in [2.05, 4.69) is 5.32 Å². The highest BCUT2D eigenvalue weighted by atomic mass is 32.2. The van der Waals surface area contributed by atoms with Crippen LogP contribution in [0, 0.1) is 12.7 Å². The third-order valence-electron chi connectivity index (χ3n) is 6.51. The summed E-state index contributed by atoms with van der Waals surface area (Å²) in [5.74, 6) is -1.29. The predicted octanol–water partition coefficient (Wildman–Crippen LogP) is 3.77. The maximum absolute atomic E-state index is 13.6. The maximum Gasteiger partial charge on any atom is 0.244 e. The minimum absolute atomic E-state index is 0.0841. The van der Waals surface area contributed by atoms with E-state index in [1.165, 1.54) is 17.0 Å². The van der Waals surface area contributed by atoms with Gasteiger partial charge in [-0.15, -0.1) is 0 Å². The molecule has 0 bridgehead atoms. The first kappa shape index (κ1) is 26.7. The van der Waals surface area contributed by atoms with Gasteiger partial charge in [0.05, 0.1) is 11.9 Å². The van der Waals surface area contributed by atoms with Crippen LogP contribution in [0.3, 0.4) is 0 Å². The summed E-state index contributed by atoms with van der Waals surface area (Å²) in [7, 11) is -3.85. The lowest BCUT2D eigenvalue weighted by Gasteiger charge is -2.33. The van der Waals surface area contributed by atoms with Gasteiger partial charge in [0.25, 0.3) is 0 Å². The molecule has 2 aromatic rings. The summed E-state index contributed by atoms with van der Waals surface area (Å²) in [6, 6.07) is 11.8. The van der Waals surface area contributed by atoms with Gasteiger partial charge in [-0.1, -0.05) is 43.5 Å². The maximum atomic E-state index is 13.6. The molecule has 9 heteroatoms. The van der Waals surface area contributed by atoms with E-state index in [0.717, 1.165) is 65.9 Å². The van der Waals surface area contributed by atoms with Crippen molar-refractivity contribution in [2.24, 2.45) is 0 Å². The van der Waals surface area contributed by atoms with Crippen LogP contribution in [0.25, 0.3) is 0 Å². The van der Waals surface area contributed by atoms with E-state index in [9.17, 15) is 22.4 Å². The largest absolute Gasteiger partial charge is 0.352 e. The van der Waals surface area contributed by atoms with Crippen molar-refractivity contribution < 1.29 is 22.4 Å². The lowest BCUT2D eigenvalue weighted by Crippen LogP contribution is -2.53. The fraction of sp³-hybridized carbons (Fsp3) is 0.462. The molecule has 0 heterocycles. The molecule has 2 aromatic carbocycles. The van der Waals surface area contributed by atoms with Crippen LogP contribution in [0.15, 0.2) is 48.5 Å². The van der Waals surface area contributed by atoms with E-state index in [1.807, 2.05) is 31.2 Å². The van der Waals surface area contributed by atoms with E-state index in [-0.39, 0.29) is 24.2 Å². The van der Waals surface area contributed by atoms with Crippen molar-refractivity contribution in [1.82, 2.24) is 10.2 Å². The van der Waals surface area contributed by atoms with Gasteiger partial charge < -0.3 is 10.2 Å². The SMILES string of the molecule is Cc1ccccc1CN(C(=O)CN(c1ccc(F)cc1)S(C)(=O)=O)C(C)C(=O)NC1CCCCC1. The molecular formula is C26H34FN3O4S. The lowest BCUT2D eigenvalue weighted by molar-refractivity contribution is -0.139. The van der Waals surface area contributed by atoms with E-state index in [1.54, 1.807) is 6.92 Å². The number of carbonyl (C=O) groups is 2. The first-order valence-corrected chi connectivity index (χ1v) is 13.8. The number of hydrogen-bond acceptors (Lipinski definition) is 4. The molecule has 1 unspecified atom stereocenters. The zero-order valence-electron chi connectivity index (χ0n) is 20.5. The van der Waals surface area contributed by atoms with Crippen molar-refractivity contribution in [2.45, 2.75) is 64.6 Å². The van der Waals surface area contributed by atoms with E-state index in [4.69, 9.17) is 0 Å². The number of carbonyl (C=O) groups excluding carboxylic acids is 2. The number of aryl methyl sites for hydroxylation is 1. The lowest BCUT2D eigenvalue weighted by atomic mass is 9.95. The minimum atomic E-state index is -3.85. The Morgan fingerprint density at radius 1 is 1.06 bits per heavy atom. The second-order valence-electron chi connectivity index (χ2n) is 9.21. The van der Waals surface area contributed by atoms with E-state index < -0.39 is 34.3 Å². The Labute approximate surface area is 207 Å². The number of nitrogens with one attached hydrogen (secondary N) is 1. The molecule has 0 aliphatic heterocycles. The Morgan fingerprint density at radius 3 is 2.29 bits per heavy atom. The highest BCUT2D eigenvalue weighted by molar-refractivity contribution is 7.92. The number of sulfonamides is 1. The Bertz CT molecular complexity index is 1130. The van der Waals surface area contributed by atoms with Crippen molar-refractivity contribution >= 4 is 27.5 Å². The molecule has 1 N–H and O–H groups in total. The summed E-state index contributed by atoms with van der Waals surface area (Å²) in [4.78, 5) is 28.1. The average molecular weight is 504 g/mol. The molecule has 2 amide bonds. The smallest absolute Gasteiger partial charge is 0.244 e. The molecule has 35 heavy (non-hydrogen) atoms. The molecule has 1 aliphatic rings. The molecule has 0 spiro atoms. The fourth-order valence-electron chi connectivity index (χ4n) is 4.34. The van der Waals surface area contributed by atoms with Crippen LogP contribution in [0.4, 0.5) is 10.1 Å². The van der Waals surface area contributed by atoms with Gasteiger partial charge in [-0.25, -0.2) is 12.8 Å². The van der Waals surface area contributed by atoms with Crippen LogP contribution in [0.1, 0.15) is 50.2 Å². The van der Waals surface area contributed by atoms with Gasteiger partial charge in [0.1, 0.15) is 18.4 Å². The topological polar surface area (TPSA) is 86.8 Å². The van der Waals surface area contributed by atoms with Gasteiger partial charge in [-0.2, -0.15) is 0 Å². The molecule has 1 atom stereocenters. The Balaban J connectivity index is 1.87. The average Bonchev–Trinajstić information content (AvgIpc) is 2.82. The number of benzene rings is 2. The highest BCUT2D eigenvalue weighted by Gasteiger charge is 2.31. The van der Waals surface area contributed by atoms with Crippen molar-refractivity contribution in [3.63, 3.8) is 0 Å². The van der Waals surface area contributed by atoms with Crippen LogP contribution in [0.5, 0.6) is 0 Å². The quantitative estimate of drug-likeness (QED) is 0.565. The Morgan fingerprint density at radius 2 is 1.69 bits per heavy atom. The number of nitrogens with zero attached hydrogens (tertiary/aromatic N) is 2. The fourth-order valence-corrected chi connectivity index (χ4v) is 5.19. The van der Waals surface area contributed by atoms with Crippen molar-refractivity contribution in [1.29, 1.82) is 0 Å². The second-order valence-corrected chi connectivity index (χ2v) is 11.1. The second kappa shape index (κ2) is 11.7. The van der Waals surface area contributed by atoms with Crippen molar-refractivity contribution in [2.75, 3.05) is 17.1 Å². The predicted molar refractivity (Wildman–Crippen MR) is 135 cm³/mol. The summed E-state index contributed by atoms with van der Waals surface area (Å²) in [6.45, 7) is 3.24. The molecule has 190 valence electrons. The zero-order valence-corrected chi connectivity index (χ0v) is 21.4. The highest BCUT2D eigenvalue weighted by Crippen LogP contribution is 2.21. The number of anilines is 1. The van der Waals surface area contributed by atoms with Crippen LogP contribution in [-0.2, 0) is 26.2 Å². The molecular weight excluding hydrogens is 469 g/mol. The van der Waals surface area contributed by atoms with Crippen molar-refractivity contribution in [3.05, 3.63) is 65.5 Å². The van der Waals surface area contributed by atoms with Gasteiger partial charge in [0.2, 0.25) is 21.8 Å². The standard InChI is InChI=1S/C26H34FN3O4S/c1-19-9-7-8-10-21(19)17-29(20(2)26(32)28-23-11-5-4-6-12-23)25(31)18-30(35(3,33)34)24-15-13-22(27)14-16-24/h7-10,13-16,20,23H,4-6,11-12,17-18H2,1-3H3,(H,28,32). The van der Waals surface area contributed by atoms with E-state index in [0.29, 0.717) is 0 Å². The van der Waals surface area contributed by atoms with Crippen LogP contribution >= 0.6 is 0 Å². The molecule has 0 saturated heterocycles. The van der Waals surface area contributed by atoms with Gasteiger partial charge in [0, 0.05) is 12.6 Å². The van der Waals surface area contributed by atoms with Crippen LogP contribution in [-0.4, -0.2) is 50.0 Å². The van der Waals surface area contributed by atoms with Crippen LogP contribution in [0.2, 0.25) is 0 Å². The Hall–Kier alpha value is -2.94. The minimum Gasteiger partial charge on any atom is -0.352 e. The molecule has 1 aliphatic carbocycles. The zero-order chi connectivity index (χ0) is 25.6. The summed E-state index contributed by atoms with van der Waals surface area (Å²) in [5, 5.41) is 3.07. The number of rotatable bonds is 9. The van der Waals surface area contributed by atoms with Crippen LogP contribution < -0.4 is 9.62 Å². The summed E-state index contributed by atoms with van der Waals surface area (Å²) >= 11 is 0. The first-order valence-electron chi connectivity index (χ1n) is 11.9. The van der Waals surface area contributed by atoms with Crippen molar-refractivity contribution in [3.8, 4) is 0 Å². The summed E-state index contributed by atoms with van der Waals surface area (Å²) in [5.41, 5.74) is 2.01. The molecule has 0 radical (unpaired) electrons. The van der Waals surface area contributed by atoms with Gasteiger partial charge >= 0.3 is 0 Å². The summed E-state index contributed by atoms with van der Waals surface area (Å²) < 4.78 is 39.4. The number of halogens is 1. The molecule has 1 fully saturated rings. The molecule has 1 saturated carbocycles. The Kier molecular flexibility index (Phi) is 8.88. The normalized spacial score (nSPS) is 15.3. The molecule has 3 rings (SSSR count). The third kappa shape index (κ3) is 7.27. The molecule has 0 aromatic heterocycles. The molecule has 7 nitrogen and oxygen atoms in total. The number of hydrogen-bond donors (Lipinski definition) is 1. The van der Waals surface area contributed by atoms with Gasteiger partial charge in [0.15, 0.2) is 0 Å². The van der Waals surface area contributed by atoms with Gasteiger partial charge in [-0.05, 0) is 62.1 Å². The number of amides is 2. The summed E-state index contributed by atoms with van der Waals surface area (Å²) in [6.07, 6.45) is 6.10. The third-order valence-corrected chi connectivity index (χ3v) is 7.66. The van der Waals surface area contributed by atoms with E-state index >= 15 is 0 Å².